The van der Waals surface area contributed by atoms with Crippen LogP contribution in [0.1, 0.15) is 39.5 Å². The fourth-order valence-electron chi connectivity index (χ4n) is 3.31. The molecule has 1 aliphatic carbocycles. The molecule has 0 atom stereocenters. The van der Waals surface area contributed by atoms with Gasteiger partial charge in [0, 0.05) is 50.9 Å². The molecule has 22 heavy (non-hydrogen) atoms. The van der Waals surface area contributed by atoms with E-state index in [1.165, 1.54) is 25.0 Å². The SMILES string of the molecule is CN=C(NCC1(CCOC)CCC1)N1CCSC(C)(C)C1.I. The molecule has 0 aromatic rings. The van der Waals surface area contributed by atoms with Crippen LogP contribution < -0.4 is 5.32 Å². The number of halogens is 1. The highest BCUT2D eigenvalue weighted by Crippen LogP contribution is 2.43. The third-order valence-electron chi connectivity index (χ3n) is 4.81. The van der Waals surface area contributed by atoms with Gasteiger partial charge in [-0.2, -0.15) is 11.8 Å². The zero-order valence-electron chi connectivity index (χ0n) is 14.5. The number of guanidine groups is 1. The highest BCUT2D eigenvalue weighted by atomic mass is 127. The van der Waals surface area contributed by atoms with Gasteiger partial charge >= 0.3 is 0 Å². The third kappa shape index (κ3) is 5.44. The van der Waals surface area contributed by atoms with Gasteiger partial charge in [0.1, 0.15) is 0 Å². The number of rotatable bonds is 5. The van der Waals surface area contributed by atoms with Crippen molar-refractivity contribution >= 4 is 41.7 Å². The predicted octanol–water partition coefficient (Wildman–Crippen LogP) is 3.21. The second kappa shape index (κ2) is 8.97. The van der Waals surface area contributed by atoms with Crippen LogP contribution in [0.15, 0.2) is 4.99 Å². The van der Waals surface area contributed by atoms with Gasteiger partial charge in [-0.1, -0.05) is 6.42 Å². The quantitative estimate of drug-likeness (QED) is 0.404. The molecule has 0 aromatic carbocycles. The number of hydrogen-bond acceptors (Lipinski definition) is 3. The topological polar surface area (TPSA) is 36.9 Å². The Labute approximate surface area is 157 Å². The lowest BCUT2D eigenvalue weighted by molar-refractivity contribution is 0.0726. The molecular weight excluding hydrogens is 409 g/mol. The van der Waals surface area contributed by atoms with Crippen LogP contribution in [-0.2, 0) is 4.74 Å². The summed E-state index contributed by atoms with van der Waals surface area (Å²) in [5.74, 6) is 2.26. The Morgan fingerprint density at radius 1 is 1.36 bits per heavy atom. The molecule has 0 unspecified atom stereocenters. The summed E-state index contributed by atoms with van der Waals surface area (Å²) < 4.78 is 5.60. The van der Waals surface area contributed by atoms with Crippen LogP contribution in [0.25, 0.3) is 0 Å². The van der Waals surface area contributed by atoms with Crippen molar-refractivity contribution in [2.45, 2.75) is 44.3 Å². The third-order valence-corrected chi connectivity index (χ3v) is 6.11. The van der Waals surface area contributed by atoms with Crippen molar-refractivity contribution in [2.24, 2.45) is 10.4 Å². The summed E-state index contributed by atoms with van der Waals surface area (Å²) in [5.41, 5.74) is 0.437. The summed E-state index contributed by atoms with van der Waals surface area (Å²) in [6.45, 7) is 8.72. The second-order valence-corrected chi connectivity index (χ2v) is 8.83. The standard InChI is InChI=1S/C16H31N3OS.HI/c1-15(2)13-19(9-11-21-15)14(17-3)18-12-16(6-5-7-16)8-10-20-4;/h5-13H2,1-4H3,(H,17,18);1H. The van der Waals surface area contributed by atoms with Crippen LogP contribution in [0.4, 0.5) is 0 Å². The van der Waals surface area contributed by atoms with Gasteiger partial charge < -0.3 is 15.0 Å². The van der Waals surface area contributed by atoms with Gasteiger partial charge in [0.25, 0.3) is 0 Å². The Morgan fingerprint density at radius 2 is 2.09 bits per heavy atom. The molecular formula is C16H32IN3OS. The average molecular weight is 441 g/mol. The summed E-state index contributed by atoms with van der Waals surface area (Å²) in [7, 11) is 3.70. The van der Waals surface area contributed by atoms with Crippen LogP contribution in [0.5, 0.6) is 0 Å². The average Bonchev–Trinajstić information content (AvgIpc) is 2.40. The number of aliphatic imine (C=N–C) groups is 1. The fraction of sp³-hybridized carbons (Fsp3) is 0.938. The van der Waals surface area contributed by atoms with Crippen molar-refractivity contribution in [2.75, 3.05) is 46.2 Å². The Balaban J connectivity index is 0.00000242. The molecule has 0 spiro atoms. The Hall–Kier alpha value is 0.310. The molecule has 1 saturated heterocycles. The molecule has 130 valence electrons. The minimum Gasteiger partial charge on any atom is -0.385 e. The molecule has 0 bridgehead atoms. The van der Waals surface area contributed by atoms with Crippen molar-refractivity contribution < 1.29 is 4.74 Å². The summed E-state index contributed by atoms with van der Waals surface area (Å²) >= 11 is 2.06. The molecule has 1 saturated carbocycles. The second-order valence-electron chi connectivity index (χ2n) is 7.03. The van der Waals surface area contributed by atoms with Gasteiger partial charge in [0.2, 0.25) is 0 Å². The Morgan fingerprint density at radius 3 is 2.59 bits per heavy atom. The fourth-order valence-corrected chi connectivity index (χ4v) is 4.42. The normalized spacial score (nSPS) is 23.5. The van der Waals surface area contributed by atoms with Crippen LogP contribution in [0, 0.1) is 5.41 Å². The maximum atomic E-state index is 5.28. The summed E-state index contributed by atoms with van der Waals surface area (Å²) in [5, 5.41) is 3.64. The molecule has 2 aliphatic rings. The van der Waals surface area contributed by atoms with Gasteiger partial charge in [-0.3, -0.25) is 4.99 Å². The molecule has 1 aliphatic heterocycles. The lowest BCUT2D eigenvalue weighted by Crippen LogP contribution is -2.53. The highest BCUT2D eigenvalue weighted by molar-refractivity contribution is 14.0. The first-order chi connectivity index (χ1) is 10.0. The van der Waals surface area contributed by atoms with E-state index >= 15 is 0 Å². The predicted molar refractivity (Wildman–Crippen MR) is 108 cm³/mol. The van der Waals surface area contributed by atoms with Gasteiger partial charge in [0.05, 0.1) is 0 Å². The zero-order valence-corrected chi connectivity index (χ0v) is 17.6. The van der Waals surface area contributed by atoms with Crippen molar-refractivity contribution in [1.29, 1.82) is 0 Å². The molecule has 2 fully saturated rings. The van der Waals surface area contributed by atoms with E-state index in [1.807, 2.05) is 7.05 Å². The minimum atomic E-state index is 0. The summed E-state index contributed by atoms with van der Waals surface area (Å²) in [6, 6.07) is 0. The Kier molecular flexibility index (Phi) is 8.30. The lowest BCUT2D eigenvalue weighted by atomic mass is 9.67. The maximum absolute atomic E-state index is 5.28. The van der Waals surface area contributed by atoms with Crippen LogP contribution in [0.3, 0.4) is 0 Å². The van der Waals surface area contributed by atoms with Gasteiger partial charge in [-0.05, 0) is 38.5 Å². The zero-order chi connectivity index (χ0) is 15.3. The highest BCUT2D eigenvalue weighted by Gasteiger charge is 2.37. The van der Waals surface area contributed by atoms with E-state index in [-0.39, 0.29) is 24.0 Å². The first-order valence-electron chi connectivity index (χ1n) is 8.09. The summed E-state index contributed by atoms with van der Waals surface area (Å²) in [4.78, 5) is 6.93. The summed E-state index contributed by atoms with van der Waals surface area (Å²) in [6.07, 6.45) is 5.16. The molecule has 1 N–H and O–H groups in total. The van der Waals surface area contributed by atoms with E-state index in [0.717, 1.165) is 38.6 Å². The molecule has 0 amide bonds. The first-order valence-corrected chi connectivity index (χ1v) is 9.07. The van der Waals surface area contributed by atoms with Gasteiger partial charge in [-0.25, -0.2) is 0 Å². The smallest absolute Gasteiger partial charge is 0.193 e. The number of nitrogens with one attached hydrogen (secondary N) is 1. The number of nitrogens with zero attached hydrogens (tertiary/aromatic N) is 2. The molecule has 4 nitrogen and oxygen atoms in total. The van der Waals surface area contributed by atoms with Crippen molar-refractivity contribution in [3.8, 4) is 0 Å². The molecule has 1 heterocycles. The number of hydrogen-bond donors (Lipinski definition) is 1. The van der Waals surface area contributed by atoms with E-state index in [0.29, 0.717) is 10.2 Å². The monoisotopic (exact) mass is 441 g/mol. The minimum absolute atomic E-state index is 0. The molecule has 2 rings (SSSR count). The van der Waals surface area contributed by atoms with Crippen molar-refractivity contribution in [3.05, 3.63) is 0 Å². The first kappa shape index (κ1) is 20.4. The van der Waals surface area contributed by atoms with Crippen molar-refractivity contribution in [3.63, 3.8) is 0 Å². The largest absolute Gasteiger partial charge is 0.385 e. The van der Waals surface area contributed by atoms with Crippen molar-refractivity contribution in [1.82, 2.24) is 10.2 Å². The van der Waals surface area contributed by atoms with E-state index < -0.39 is 0 Å². The van der Waals surface area contributed by atoms with Gasteiger partial charge in [0.15, 0.2) is 5.96 Å². The molecule has 6 heteroatoms. The molecule has 0 aromatic heterocycles. The van der Waals surface area contributed by atoms with E-state index in [2.05, 4.69) is 40.8 Å². The number of thioether (sulfide) groups is 1. The van der Waals surface area contributed by atoms with Crippen LogP contribution >= 0.6 is 35.7 Å². The van der Waals surface area contributed by atoms with E-state index in [1.54, 1.807) is 7.11 Å². The van der Waals surface area contributed by atoms with E-state index in [4.69, 9.17) is 4.74 Å². The molecule has 0 radical (unpaired) electrons. The lowest BCUT2D eigenvalue weighted by Gasteiger charge is -2.44. The van der Waals surface area contributed by atoms with Gasteiger partial charge in [-0.15, -0.1) is 24.0 Å². The number of methoxy groups -OCH3 is 1. The van der Waals surface area contributed by atoms with Crippen LogP contribution in [-0.4, -0.2) is 61.8 Å². The Bertz CT molecular complexity index is 372. The van der Waals surface area contributed by atoms with Crippen LogP contribution in [0.2, 0.25) is 0 Å². The maximum Gasteiger partial charge on any atom is 0.193 e. The van der Waals surface area contributed by atoms with E-state index in [9.17, 15) is 0 Å². The number of ether oxygens (including phenoxy) is 1.